The molecule has 1 saturated carbocycles. The number of thiophene rings is 1. The van der Waals surface area contributed by atoms with Gasteiger partial charge in [0, 0.05) is 27.6 Å². The van der Waals surface area contributed by atoms with E-state index in [0.29, 0.717) is 18.0 Å². The molecule has 1 aliphatic rings. The highest BCUT2D eigenvalue weighted by atomic mass is 32.2. The third kappa shape index (κ3) is 4.01. The van der Waals surface area contributed by atoms with E-state index in [0.717, 1.165) is 22.6 Å². The van der Waals surface area contributed by atoms with Gasteiger partial charge in [-0.1, -0.05) is 19.3 Å². The minimum atomic E-state index is -3.44. The van der Waals surface area contributed by atoms with Gasteiger partial charge in [-0.25, -0.2) is 13.1 Å². The molecule has 0 bridgehead atoms. The van der Waals surface area contributed by atoms with Crippen LogP contribution >= 0.6 is 23.1 Å². The maximum Gasteiger partial charge on any atom is 0.241 e. The minimum absolute atomic E-state index is 0.0615. The molecule has 21 heavy (non-hydrogen) atoms. The topological polar surface area (TPSA) is 72.2 Å². The number of nitrogens with one attached hydrogen (secondary N) is 1. The van der Waals surface area contributed by atoms with E-state index in [1.807, 2.05) is 6.92 Å². The Labute approximate surface area is 135 Å². The maximum atomic E-state index is 12.5. The van der Waals surface area contributed by atoms with Crippen molar-refractivity contribution in [1.29, 1.82) is 0 Å². The molecule has 7 heteroatoms. The Kier molecular flexibility index (Phi) is 5.76. The van der Waals surface area contributed by atoms with Gasteiger partial charge < -0.3 is 5.73 Å². The molecule has 3 N–H and O–H groups in total. The fourth-order valence-electron chi connectivity index (χ4n) is 2.85. The summed E-state index contributed by atoms with van der Waals surface area (Å²) in [5.74, 6) is 0. The fourth-order valence-corrected chi connectivity index (χ4v) is 6.49. The van der Waals surface area contributed by atoms with Crippen molar-refractivity contribution in [2.24, 2.45) is 5.73 Å². The van der Waals surface area contributed by atoms with Gasteiger partial charge in [-0.3, -0.25) is 0 Å². The summed E-state index contributed by atoms with van der Waals surface area (Å²) in [5.41, 5.74) is 5.60. The summed E-state index contributed by atoms with van der Waals surface area (Å²) in [6.07, 6.45) is 7.91. The standard InChI is InChI=1S/C14H24N2O2S3/c1-11-13(8-12(9-15)20-11)21(17,18)16-10-14(19-2)6-4-3-5-7-14/h8,16H,3-7,9-10,15H2,1-2H3. The molecule has 0 saturated heterocycles. The molecule has 4 nitrogen and oxygen atoms in total. The van der Waals surface area contributed by atoms with Gasteiger partial charge in [0.15, 0.2) is 0 Å². The van der Waals surface area contributed by atoms with Crippen LogP contribution in [0.4, 0.5) is 0 Å². The van der Waals surface area contributed by atoms with Crippen LogP contribution in [0.3, 0.4) is 0 Å². The summed E-state index contributed by atoms with van der Waals surface area (Å²) in [6, 6.07) is 1.70. The molecule has 1 aromatic rings. The zero-order valence-electron chi connectivity index (χ0n) is 12.6. The summed E-state index contributed by atoms with van der Waals surface area (Å²) in [5, 5.41) is 0. The first-order valence-corrected chi connectivity index (χ1v) is 10.8. The second kappa shape index (κ2) is 7.00. The van der Waals surface area contributed by atoms with E-state index in [1.165, 1.54) is 30.6 Å². The lowest BCUT2D eigenvalue weighted by molar-refractivity contribution is 0.395. The molecule has 0 aromatic carbocycles. The smallest absolute Gasteiger partial charge is 0.241 e. The minimum Gasteiger partial charge on any atom is -0.326 e. The van der Waals surface area contributed by atoms with Gasteiger partial charge in [-0.15, -0.1) is 11.3 Å². The van der Waals surface area contributed by atoms with Crippen LogP contribution in [0, 0.1) is 6.92 Å². The molecule has 0 spiro atoms. The number of nitrogens with two attached hydrogens (primary N) is 1. The quantitative estimate of drug-likeness (QED) is 0.829. The highest BCUT2D eigenvalue weighted by molar-refractivity contribution is 8.00. The fraction of sp³-hybridized carbons (Fsp3) is 0.714. The Morgan fingerprint density at radius 2 is 2.05 bits per heavy atom. The van der Waals surface area contributed by atoms with Gasteiger partial charge in [0.25, 0.3) is 0 Å². The van der Waals surface area contributed by atoms with Crippen LogP contribution in [0.15, 0.2) is 11.0 Å². The average Bonchev–Trinajstić information content (AvgIpc) is 2.88. The van der Waals surface area contributed by atoms with Crippen LogP contribution in [0.1, 0.15) is 41.9 Å². The molecule has 0 aliphatic heterocycles. The first-order chi connectivity index (χ1) is 9.92. The largest absolute Gasteiger partial charge is 0.326 e. The molecule has 0 radical (unpaired) electrons. The lowest BCUT2D eigenvalue weighted by atomic mass is 9.88. The van der Waals surface area contributed by atoms with Crippen molar-refractivity contribution >= 4 is 33.1 Å². The van der Waals surface area contributed by atoms with Gasteiger partial charge in [0.2, 0.25) is 10.0 Å². The average molecular weight is 349 g/mol. The Morgan fingerprint density at radius 1 is 1.38 bits per heavy atom. The molecule has 2 rings (SSSR count). The Bertz CT molecular complexity index is 575. The molecule has 120 valence electrons. The van der Waals surface area contributed by atoms with E-state index in [4.69, 9.17) is 5.73 Å². The lowest BCUT2D eigenvalue weighted by Crippen LogP contribution is -2.41. The SMILES string of the molecule is CSC1(CNS(=O)(=O)c2cc(CN)sc2C)CCCCC1. The van der Waals surface area contributed by atoms with Gasteiger partial charge in [-0.05, 0) is 32.1 Å². The number of rotatable bonds is 6. The van der Waals surface area contributed by atoms with Crippen molar-refractivity contribution < 1.29 is 8.42 Å². The van der Waals surface area contributed by atoms with Crippen LogP contribution in [0.25, 0.3) is 0 Å². The van der Waals surface area contributed by atoms with Gasteiger partial charge in [0.1, 0.15) is 0 Å². The van der Waals surface area contributed by atoms with Gasteiger partial charge >= 0.3 is 0 Å². The second-order valence-electron chi connectivity index (χ2n) is 5.61. The van der Waals surface area contributed by atoms with Crippen LogP contribution < -0.4 is 10.5 Å². The van der Waals surface area contributed by atoms with Crippen molar-refractivity contribution in [3.63, 3.8) is 0 Å². The molecular formula is C14H24N2O2S3. The van der Waals surface area contributed by atoms with Crippen LogP contribution in [-0.4, -0.2) is 26.0 Å². The lowest BCUT2D eigenvalue weighted by Gasteiger charge is -2.35. The third-order valence-corrected chi connectivity index (χ3v) is 8.34. The molecule has 0 unspecified atom stereocenters. The maximum absolute atomic E-state index is 12.5. The summed E-state index contributed by atoms with van der Waals surface area (Å²) >= 11 is 3.26. The molecular weight excluding hydrogens is 324 g/mol. The normalized spacial score (nSPS) is 18.8. The number of thioether (sulfide) groups is 1. The Morgan fingerprint density at radius 3 is 2.57 bits per heavy atom. The van der Waals surface area contributed by atoms with E-state index in [2.05, 4.69) is 11.0 Å². The van der Waals surface area contributed by atoms with Crippen LogP contribution in [0.5, 0.6) is 0 Å². The highest BCUT2D eigenvalue weighted by Crippen LogP contribution is 2.38. The predicted octanol–water partition coefficient (Wildman–Crippen LogP) is 2.86. The van der Waals surface area contributed by atoms with Crippen LogP contribution in [0.2, 0.25) is 0 Å². The van der Waals surface area contributed by atoms with E-state index in [-0.39, 0.29) is 4.75 Å². The van der Waals surface area contributed by atoms with Gasteiger partial charge in [0.05, 0.1) is 4.90 Å². The van der Waals surface area contributed by atoms with Crippen molar-refractivity contribution in [3.8, 4) is 0 Å². The zero-order valence-corrected chi connectivity index (χ0v) is 15.1. The predicted molar refractivity (Wildman–Crippen MR) is 91.5 cm³/mol. The van der Waals surface area contributed by atoms with E-state index in [1.54, 1.807) is 17.8 Å². The Balaban J connectivity index is 2.11. The van der Waals surface area contributed by atoms with E-state index < -0.39 is 10.0 Å². The molecule has 0 amide bonds. The zero-order chi connectivity index (χ0) is 15.5. The van der Waals surface area contributed by atoms with Crippen molar-refractivity contribution in [2.75, 3.05) is 12.8 Å². The summed E-state index contributed by atoms with van der Waals surface area (Å²) < 4.78 is 28.0. The summed E-state index contributed by atoms with van der Waals surface area (Å²) in [7, 11) is -3.44. The first-order valence-electron chi connectivity index (χ1n) is 7.27. The number of sulfonamides is 1. The molecule has 0 atom stereocenters. The number of hydrogen-bond donors (Lipinski definition) is 2. The molecule has 1 fully saturated rings. The number of aryl methyl sites for hydroxylation is 1. The van der Waals surface area contributed by atoms with E-state index in [9.17, 15) is 8.42 Å². The van der Waals surface area contributed by atoms with Crippen LogP contribution in [-0.2, 0) is 16.6 Å². The number of hydrogen-bond acceptors (Lipinski definition) is 5. The first kappa shape index (κ1) is 17.3. The molecule has 1 aromatic heterocycles. The summed E-state index contributed by atoms with van der Waals surface area (Å²) in [6.45, 7) is 2.74. The van der Waals surface area contributed by atoms with Crippen molar-refractivity contribution in [2.45, 2.75) is 55.2 Å². The summed E-state index contributed by atoms with van der Waals surface area (Å²) in [4.78, 5) is 2.11. The van der Waals surface area contributed by atoms with Gasteiger partial charge in [-0.2, -0.15) is 11.8 Å². The Hall–Kier alpha value is -0.0800. The monoisotopic (exact) mass is 348 g/mol. The molecule has 1 heterocycles. The van der Waals surface area contributed by atoms with Crippen molar-refractivity contribution in [3.05, 3.63) is 15.8 Å². The third-order valence-electron chi connectivity index (χ3n) is 4.20. The van der Waals surface area contributed by atoms with Crippen molar-refractivity contribution in [1.82, 2.24) is 4.72 Å². The molecule has 1 aliphatic carbocycles. The van der Waals surface area contributed by atoms with E-state index >= 15 is 0 Å². The highest BCUT2D eigenvalue weighted by Gasteiger charge is 2.33. The second-order valence-corrected chi connectivity index (χ2v) is 9.96.